The van der Waals surface area contributed by atoms with Gasteiger partial charge < -0.3 is 14.7 Å². The van der Waals surface area contributed by atoms with E-state index in [1.807, 2.05) is 6.92 Å². The third-order valence-electron chi connectivity index (χ3n) is 1.63. The Morgan fingerprint density at radius 3 is 2.67 bits per heavy atom. The van der Waals surface area contributed by atoms with E-state index in [1.165, 1.54) is 0 Å². The van der Waals surface area contributed by atoms with Crippen molar-refractivity contribution in [1.82, 2.24) is 4.90 Å². The molecule has 0 atom stereocenters. The van der Waals surface area contributed by atoms with Crippen LogP contribution in [-0.2, 0) is 14.3 Å². The Morgan fingerprint density at radius 1 is 1.53 bits per heavy atom. The van der Waals surface area contributed by atoms with Gasteiger partial charge in [-0.15, -0.1) is 6.42 Å². The molecule has 1 N–H and O–H groups in total. The Balaban J connectivity index is 4.05. The van der Waals surface area contributed by atoms with E-state index in [4.69, 9.17) is 16.3 Å². The number of carboxylic acid groups (broad SMARTS) is 1. The van der Waals surface area contributed by atoms with Gasteiger partial charge in [0, 0.05) is 6.61 Å². The van der Waals surface area contributed by atoms with Crippen LogP contribution in [0, 0.1) is 12.3 Å². The van der Waals surface area contributed by atoms with Crippen LogP contribution < -0.4 is 0 Å². The molecule has 0 fully saturated rings. The molecule has 5 heteroatoms. The normalized spacial score (nSPS) is 9.33. The monoisotopic (exact) mass is 213 g/mol. The van der Waals surface area contributed by atoms with Gasteiger partial charge in [-0.05, 0) is 6.92 Å². The molecule has 0 aromatic heterocycles. The fourth-order valence-corrected chi connectivity index (χ4v) is 0.968. The van der Waals surface area contributed by atoms with Crippen LogP contribution in [0.3, 0.4) is 0 Å². The van der Waals surface area contributed by atoms with E-state index < -0.39 is 5.97 Å². The molecule has 0 aliphatic rings. The standard InChI is InChI=1S/C10H15NO4/c1-3-6-11(8-10(13)14)9(12)5-7-15-4-2/h1H,4-8H2,2H3,(H,13,14). The van der Waals surface area contributed by atoms with E-state index in [0.29, 0.717) is 6.61 Å². The molecule has 0 aromatic carbocycles. The highest BCUT2D eigenvalue weighted by molar-refractivity contribution is 5.81. The number of terminal acetylenes is 1. The summed E-state index contributed by atoms with van der Waals surface area (Å²) in [7, 11) is 0. The number of aliphatic carboxylic acids is 1. The molecule has 0 radical (unpaired) electrons. The number of amides is 1. The van der Waals surface area contributed by atoms with Crippen molar-refractivity contribution in [3.63, 3.8) is 0 Å². The Hall–Kier alpha value is -1.54. The highest BCUT2D eigenvalue weighted by atomic mass is 16.5. The molecular weight excluding hydrogens is 198 g/mol. The largest absolute Gasteiger partial charge is 0.480 e. The number of carbonyl (C=O) groups excluding carboxylic acids is 1. The van der Waals surface area contributed by atoms with Crippen molar-refractivity contribution < 1.29 is 19.4 Å². The van der Waals surface area contributed by atoms with Crippen molar-refractivity contribution in [2.75, 3.05) is 26.3 Å². The fraction of sp³-hybridized carbons (Fsp3) is 0.600. The van der Waals surface area contributed by atoms with Crippen LogP contribution >= 0.6 is 0 Å². The average molecular weight is 213 g/mol. The first-order valence-electron chi connectivity index (χ1n) is 4.62. The Bertz CT molecular complexity index is 257. The molecule has 84 valence electrons. The Morgan fingerprint density at radius 2 is 2.20 bits per heavy atom. The van der Waals surface area contributed by atoms with Crippen LogP contribution in [-0.4, -0.2) is 48.2 Å². The van der Waals surface area contributed by atoms with Crippen LogP contribution in [0.1, 0.15) is 13.3 Å². The van der Waals surface area contributed by atoms with Crippen molar-refractivity contribution in [3.05, 3.63) is 0 Å². The summed E-state index contributed by atoms with van der Waals surface area (Å²) in [4.78, 5) is 23.0. The molecule has 0 spiro atoms. The van der Waals surface area contributed by atoms with E-state index in [-0.39, 0.29) is 32.0 Å². The summed E-state index contributed by atoms with van der Waals surface area (Å²) >= 11 is 0. The minimum absolute atomic E-state index is 0.0112. The van der Waals surface area contributed by atoms with Crippen molar-refractivity contribution in [2.24, 2.45) is 0 Å². The minimum atomic E-state index is -1.07. The van der Waals surface area contributed by atoms with Crippen LogP contribution in [0.4, 0.5) is 0 Å². The average Bonchev–Trinajstić information content (AvgIpc) is 2.17. The van der Waals surface area contributed by atoms with Gasteiger partial charge in [-0.1, -0.05) is 5.92 Å². The van der Waals surface area contributed by atoms with Crippen LogP contribution in [0.25, 0.3) is 0 Å². The number of carboxylic acids is 1. The van der Waals surface area contributed by atoms with E-state index in [1.54, 1.807) is 0 Å². The third kappa shape index (κ3) is 6.52. The summed E-state index contributed by atoms with van der Waals surface area (Å²) in [5, 5.41) is 8.54. The van der Waals surface area contributed by atoms with Crippen molar-refractivity contribution in [1.29, 1.82) is 0 Å². The van der Waals surface area contributed by atoms with E-state index in [0.717, 1.165) is 4.90 Å². The molecule has 0 saturated carbocycles. The topological polar surface area (TPSA) is 66.8 Å². The third-order valence-corrected chi connectivity index (χ3v) is 1.63. The molecule has 5 nitrogen and oxygen atoms in total. The SMILES string of the molecule is C#CCN(CC(=O)O)C(=O)CCOCC. The second-order valence-corrected chi connectivity index (χ2v) is 2.79. The zero-order valence-electron chi connectivity index (χ0n) is 8.73. The molecule has 0 rings (SSSR count). The maximum absolute atomic E-state index is 11.4. The maximum atomic E-state index is 11.4. The Kier molecular flexibility index (Phi) is 7.02. The minimum Gasteiger partial charge on any atom is -0.480 e. The van der Waals surface area contributed by atoms with Gasteiger partial charge in [0.05, 0.1) is 19.6 Å². The van der Waals surface area contributed by atoms with E-state index >= 15 is 0 Å². The van der Waals surface area contributed by atoms with Gasteiger partial charge in [-0.25, -0.2) is 0 Å². The predicted molar refractivity (Wildman–Crippen MR) is 54.2 cm³/mol. The summed E-state index contributed by atoms with van der Waals surface area (Å²) < 4.78 is 4.99. The molecule has 0 unspecified atom stereocenters. The first-order chi connectivity index (χ1) is 7.11. The second kappa shape index (κ2) is 7.83. The second-order valence-electron chi connectivity index (χ2n) is 2.79. The number of ether oxygens (including phenoxy) is 1. The van der Waals surface area contributed by atoms with Crippen molar-refractivity contribution >= 4 is 11.9 Å². The zero-order valence-corrected chi connectivity index (χ0v) is 8.73. The lowest BCUT2D eigenvalue weighted by atomic mass is 10.3. The Labute approximate surface area is 89.0 Å². The smallest absolute Gasteiger partial charge is 0.323 e. The predicted octanol–water partition coefficient (Wildman–Crippen LogP) is -0.0406. The summed E-state index contributed by atoms with van der Waals surface area (Å²) in [6.07, 6.45) is 5.19. The number of hydrogen-bond donors (Lipinski definition) is 1. The van der Waals surface area contributed by atoms with Gasteiger partial charge >= 0.3 is 5.97 Å². The molecule has 15 heavy (non-hydrogen) atoms. The molecular formula is C10H15NO4. The molecule has 0 heterocycles. The first kappa shape index (κ1) is 13.5. The maximum Gasteiger partial charge on any atom is 0.323 e. The van der Waals surface area contributed by atoms with Crippen LogP contribution in [0.15, 0.2) is 0 Å². The summed E-state index contributed by atoms with van der Waals surface area (Å²) in [6, 6.07) is 0. The lowest BCUT2D eigenvalue weighted by molar-refractivity contribution is -0.144. The number of hydrogen-bond acceptors (Lipinski definition) is 3. The molecule has 0 saturated heterocycles. The molecule has 0 aliphatic heterocycles. The highest BCUT2D eigenvalue weighted by Gasteiger charge is 2.14. The number of rotatable bonds is 7. The van der Waals surface area contributed by atoms with Crippen LogP contribution in [0.2, 0.25) is 0 Å². The number of carbonyl (C=O) groups is 2. The lowest BCUT2D eigenvalue weighted by Gasteiger charge is -2.17. The van der Waals surface area contributed by atoms with Crippen molar-refractivity contribution in [2.45, 2.75) is 13.3 Å². The van der Waals surface area contributed by atoms with Crippen molar-refractivity contribution in [3.8, 4) is 12.3 Å². The molecule has 0 aromatic rings. The van der Waals surface area contributed by atoms with Gasteiger partial charge in [0.15, 0.2) is 0 Å². The van der Waals surface area contributed by atoms with E-state index in [2.05, 4.69) is 5.92 Å². The van der Waals surface area contributed by atoms with Crippen LogP contribution in [0.5, 0.6) is 0 Å². The number of nitrogens with zero attached hydrogens (tertiary/aromatic N) is 1. The van der Waals surface area contributed by atoms with Gasteiger partial charge in [-0.2, -0.15) is 0 Å². The quantitative estimate of drug-likeness (QED) is 0.476. The molecule has 0 bridgehead atoms. The zero-order chi connectivity index (χ0) is 11.7. The highest BCUT2D eigenvalue weighted by Crippen LogP contribution is 1.95. The molecule has 0 aliphatic carbocycles. The fourth-order valence-electron chi connectivity index (χ4n) is 0.968. The summed E-state index contributed by atoms with van der Waals surface area (Å²) in [5.41, 5.74) is 0. The summed E-state index contributed by atoms with van der Waals surface area (Å²) in [6.45, 7) is 2.28. The van der Waals surface area contributed by atoms with Gasteiger partial charge in [0.1, 0.15) is 6.54 Å². The summed E-state index contributed by atoms with van der Waals surface area (Å²) in [5.74, 6) is 0.869. The van der Waals surface area contributed by atoms with Gasteiger partial charge in [0.2, 0.25) is 5.91 Å². The van der Waals surface area contributed by atoms with Gasteiger partial charge in [-0.3, -0.25) is 9.59 Å². The lowest BCUT2D eigenvalue weighted by Crippen LogP contribution is -2.36. The van der Waals surface area contributed by atoms with Gasteiger partial charge in [0.25, 0.3) is 0 Å². The molecule has 1 amide bonds. The van der Waals surface area contributed by atoms with E-state index in [9.17, 15) is 9.59 Å². The first-order valence-corrected chi connectivity index (χ1v) is 4.62.